The molecule has 0 aliphatic heterocycles. The lowest BCUT2D eigenvalue weighted by Gasteiger charge is -2.21. The Bertz CT molecular complexity index is 1310. The van der Waals surface area contributed by atoms with Gasteiger partial charge in [-0.15, -0.1) is 10.2 Å². The molecule has 0 N–H and O–H groups in total. The SMILES string of the molecule is CCOC(=O)CN(C(=O)CSc1nnc(-c2ccc(S(=O)(=O)N(CC)CC)cc2)o1)c1ccc(F)cc1. The van der Waals surface area contributed by atoms with Crippen molar-refractivity contribution in [2.24, 2.45) is 0 Å². The Morgan fingerprint density at radius 3 is 2.24 bits per heavy atom. The first-order chi connectivity index (χ1) is 17.7. The van der Waals surface area contributed by atoms with Crippen LogP contribution >= 0.6 is 11.8 Å². The monoisotopic (exact) mass is 550 g/mol. The Morgan fingerprint density at radius 2 is 1.65 bits per heavy atom. The molecule has 0 aliphatic carbocycles. The number of aromatic nitrogens is 2. The number of hydrogen-bond donors (Lipinski definition) is 0. The summed E-state index contributed by atoms with van der Waals surface area (Å²) in [7, 11) is -3.59. The fraction of sp³-hybridized carbons (Fsp3) is 0.333. The molecule has 0 spiro atoms. The molecule has 0 aliphatic rings. The molecule has 2 aromatic carbocycles. The summed E-state index contributed by atoms with van der Waals surface area (Å²) in [5, 5.41) is 8.01. The van der Waals surface area contributed by atoms with E-state index in [0.717, 1.165) is 11.8 Å². The van der Waals surface area contributed by atoms with Crippen LogP contribution in [0.25, 0.3) is 11.5 Å². The van der Waals surface area contributed by atoms with Gasteiger partial charge in [-0.3, -0.25) is 9.59 Å². The zero-order chi connectivity index (χ0) is 27.0. The highest BCUT2D eigenvalue weighted by Crippen LogP contribution is 2.26. The largest absolute Gasteiger partial charge is 0.465 e. The molecular weight excluding hydrogens is 523 g/mol. The predicted octanol–water partition coefficient (Wildman–Crippen LogP) is 3.59. The second kappa shape index (κ2) is 12.8. The van der Waals surface area contributed by atoms with Crippen molar-refractivity contribution in [2.75, 3.05) is 36.9 Å². The maximum atomic E-state index is 13.3. The van der Waals surface area contributed by atoms with Crippen molar-refractivity contribution >= 4 is 39.3 Å². The van der Waals surface area contributed by atoms with Gasteiger partial charge in [-0.2, -0.15) is 4.31 Å². The summed E-state index contributed by atoms with van der Waals surface area (Å²) in [6, 6.07) is 11.3. The van der Waals surface area contributed by atoms with Gasteiger partial charge in [-0.05, 0) is 55.5 Å². The standard InChI is InChI=1S/C24H27FN4O6S2/c1-4-28(5-2)37(32,33)20-13-7-17(8-14-20)23-26-27-24(35-23)36-16-21(30)29(15-22(31)34-6-3)19-11-9-18(25)10-12-19/h7-14H,4-6,15-16H2,1-3H3. The minimum atomic E-state index is -3.59. The van der Waals surface area contributed by atoms with E-state index in [1.54, 1.807) is 32.9 Å². The number of anilines is 1. The highest BCUT2D eigenvalue weighted by atomic mass is 32.2. The highest BCUT2D eigenvalue weighted by Gasteiger charge is 2.23. The van der Waals surface area contributed by atoms with E-state index < -0.39 is 27.7 Å². The third-order valence-corrected chi connectivity index (χ3v) is 8.07. The number of ether oxygens (including phenoxy) is 1. The number of nitrogens with zero attached hydrogens (tertiary/aromatic N) is 4. The molecule has 198 valence electrons. The molecule has 10 nitrogen and oxygen atoms in total. The molecule has 0 saturated heterocycles. The summed E-state index contributed by atoms with van der Waals surface area (Å²) in [5.74, 6) is -1.51. The molecule has 3 rings (SSSR count). The average molecular weight is 551 g/mol. The molecule has 13 heteroatoms. The van der Waals surface area contributed by atoms with Crippen molar-refractivity contribution in [1.29, 1.82) is 0 Å². The summed E-state index contributed by atoms with van der Waals surface area (Å²) in [6.45, 7) is 5.75. The van der Waals surface area contributed by atoms with E-state index >= 15 is 0 Å². The molecule has 3 aromatic rings. The topological polar surface area (TPSA) is 123 Å². The lowest BCUT2D eigenvalue weighted by Crippen LogP contribution is -2.37. The summed E-state index contributed by atoms with van der Waals surface area (Å²) in [5.41, 5.74) is 0.852. The lowest BCUT2D eigenvalue weighted by molar-refractivity contribution is -0.142. The van der Waals surface area contributed by atoms with Crippen molar-refractivity contribution in [2.45, 2.75) is 30.9 Å². The number of carbonyl (C=O) groups excluding carboxylic acids is 2. The maximum Gasteiger partial charge on any atom is 0.326 e. The third kappa shape index (κ3) is 7.14. The van der Waals surface area contributed by atoms with Crippen LogP contribution in [0.1, 0.15) is 20.8 Å². The number of benzene rings is 2. The fourth-order valence-electron chi connectivity index (χ4n) is 3.35. The van der Waals surface area contributed by atoms with Crippen LogP contribution in [0.4, 0.5) is 10.1 Å². The van der Waals surface area contributed by atoms with Gasteiger partial charge < -0.3 is 14.1 Å². The first kappa shape index (κ1) is 28.3. The fourth-order valence-corrected chi connectivity index (χ4v) is 5.45. The van der Waals surface area contributed by atoms with E-state index in [9.17, 15) is 22.4 Å². The molecule has 1 heterocycles. The minimum Gasteiger partial charge on any atom is -0.465 e. The Balaban J connectivity index is 1.69. The number of hydrogen-bond acceptors (Lipinski definition) is 9. The molecule has 0 atom stereocenters. The van der Waals surface area contributed by atoms with Gasteiger partial charge in [0.15, 0.2) is 0 Å². The van der Waals surface area contributed by atoms with E-state index in [1.807, 2.05) is 0 Å². The van der Waals surface area contributed by atoms with E-state index in [4.69, 9.17) is 9.15 Å². The molecule has 0 radical (unpaired) electrons. The summed E-state index contributed by atoms with van der Waals surface area (Å²) >= 11 is 0.968. The number of thioether (sulfide) groups is 1. The number of carbonyl (C=O) groups is 2. The second-order valence-corrected chi connectivity index (χ2v) is 10.4. The highest BCUT2D eigenvalue weighted by molar-refractivity contribution is 7.99. The minimum absolute atomic E-state index is 0.110. The van der Waals surface area contributed by atoms with Crippen LogP contribution in [-0.4, -0.2) is 66.8 Å². The van der Waals surface area contributed by atoms with Crippen molar-refractivity contribution in [1.82, 2.24) is 14.5 Å². The van der Waals surface area contributed by atoms with Crippen molar-refractivity contribution in [3.63, 3.8) is 0 Å². The zero-order valence-electron chi connectivity index (χ0n) is 20.6. The van der Waals surface area contributed by atoms with Crippen LogP contribution < -0.4 is 4.90 Å². The number of amides is 1. The Labute approximate surface area is 218 Å². The normalized spacial score (nSPS) is 11.5. The van der Waals surface area contributed by atoms with Gasteiger partial charge in [0.2, 0.25) is 21.8 Å². The lowest BCUT2D eigenvalue weighted by atomic mass is 10.2. The number of sulfonamides is 1. The van der Waals surface area contributed by atoms with E-state index in [0.29, 0.717) is 24.3 Å². The van der Waals surface area contributed by atoms with Crippen LogP contribution in [0, 0.1) is 5.82 Å². The van der Waals surface area contributed by atoms with Crippen molar-refractivity contribution < 1.29 is 31.6 Å². The predicted molar refractivity (Wildman–Crippen MR) is 136 cm³/mol. The van der Waals surface area contributed by atoms with Crippen LogP contribution in [-0.2, 0) is 24.3 Å². The van der Waals surface area contributed by atoms with Gasteiger partial charge in [0, 0.05) is 24.3 Å². The van der Waals surface area contributed by atoms with E-state index in [-0.39, 0.29) is 34.9 Å². The quantitative estimate of drug-likeness (QED) is 0.246. The van der Waals surface area contributed by atoms with Gasteiger partial charge >= 0.3 is 5.97 Å². The first-order valence-electron chi connectivity index (χ1n) is 11.5. The van der Waals surface area contributed by atoms with Crippen LogP contribution in [0.5, 0.6) is 0 Å². The Hall–Kier alpha value is -3.29. The molecule has 1 amide bonds. The molecule has 1 aromatic heterocycles. The molecule has 0 fully saturated rings. The molecular formula is C24H27FN4O6S2. The Morgan fingerprint density at radius 1 is 1.00 bits per heavy atom. The zero-order valence-corrected chi connectivity index (χ0v) is 22.2. The molecule has 0 saturated carbocycles. The third-order valence-electron chi connectivity index (χ3n) is 5.20. The summed E-state index contributed by atoms with van der Waals surface area (Å²) in [6.07, 6.45) is 0. The molecule has 0 bridgehead atoms. The van der Waals surface area contributed by atoms with Gasteiger partial charge in [0.05, 0.1) is 17.3 Å². The number of rotatable bonds is 12. The molecule has 0 unspecified atom stereocenters. The average Bonchev–Trinajstić information content (AvgIpc) is 3.36. The number of esters is 1. The van der Waals surface area contributed by atoms with Crippen molar-refractivity contribution in [3.8, 4) is 11.5 Å². The van der Waals surface area contributed by atoms with E-state index in [2.05, 4.69) is 10.2 Å². The first-order valence-corrected chi connectivity index (χ1v) is 13.9. The van der Waals surface area contributed by atoms with Gasteiger partial charge in [-0.25, -0.2) is 12.8 Å². The second-order valence-electron chi connectivity index (χ2n) is 7.54. The van der Waals surface area contributed by atoms with Crippen LogP contribution in [0.15, 0.2) is 63.1 Å². The van der Waals surface area contributed by atoms with Gasteiger partial charge in [0.1, 0.15) is 12.4 Å². The summed E-state index contributed by atoms with van der Waals surface area (Å²) in [4.78, 5) is 26.3. The van der Waals surface area contributed by atoms with Crippen molar-refractivity contribution in [3.05, 3.63) is 54.3 Å². The van der Waals surface area contributed by atoms with Gasteiger partial charge in [0.25, 0.3) is 5.22 Å². The smallest absolute Gasteiger partial charge is 0.326 e. The van der Waals surface area contributed by atoms with Gasteiger partial charge in [-0.1, -0.05) is 25.6 Å². The molecule has 37 heavy (non-hydrogen) atoms. The van der Waals surface area contributed by atoms with Crippen LogP contribution in [0.2, 0.25) is 0 Å². The summed E-state index contributed by atoms with van der Waals surface area (Å²) < 4.78 is 50.6. The maximum absolute atomic E-state index is 13.3. The van der Waals surface area contributed by atoms with E-state index in [1.165, 1.54) is 45.6 Å². The van der Waals surface area contributed by atoms with Crippen LogP contribution in [0.3, 0.4) is 0 Å². The number of halogens is 1. The Kier molecular flexibility index (Phi) is 9.78.